The van der Waals surface area contributed by atoms with Crippen molar-refractivity contribution in [1.29, 1.82) is 0 Å². The third-order valence-electron chi connectivity index (χ3n) is 3.33. The van der Waals surface area contributed by atoms with Crippen molar-refractivity contribution < 1.29 is 31.1 Å². The zero-order valence-electron chi connectivity index (χ0n) is 11.6. The molecule has 0 fully saturated rings. The Morgan fingerprint density at radius 1 is 1.14 bits per heavy atom. The van der Waals surface area contributed by atoms with Crippen LogP contribution in [0.15, 0.2) is 48.5 Å². The van der Waals surface area contributed by atoms with Crippen LogP contribution in [0.25, 0.3) is 0 Å². The van der Waals surface area contributed by atoms with Crippen LogP contribution in [0.5, 0.6) is 0 Å². The molecular weight excluding hydrogens is 506 g/mol. The van der Waals surface area contributed by atoms with Crippen LogP contribution < -0.4 is 26.8 Å². The van der Waals surface area contributed by atoms with Gasteiger partial charge in [-0.2, -0.15) is 0 Å². The fraction of sp³-hybridized carbons (Fsp3) is 0.125. The molecule has 0 radical (unpaired) electrons. The van der Waals surface area contributed by atoms with Gasteiger partial charge in [0, 0.05) is 0 Å². The summed E-state index contributed by atoms with van der Waals surface area (Å²) in [4.78, 5) is 24.7. The van der Waals surface area contributed by atoms with E-state index in [4.69, 9.17) is 0 Å². The molecule has 0 aliphatic carbocycles. The maximum atomic E-state index is 12.4. The van der Waals surface area contributed by atoms with Crippen LogP contribution in [0.3, 0.4) is 0 Å². The first-order valence-electron chi connectivity index (χ1n) is 6.75. The molecule has 2 aromatic carbocycles. The van der Waals surface area contributed by atoms with Gasteiger partial charge in [0.25, 0.3) is 0 Å². The van der Waals surface area contributed by atoms with Crippen molar-refractivity contribution in [2.45, 2.75) is 6.42 Å². The SMILES string of the molecule is O=C(Nc1ccccc1I)[I-]N1CCc2ccccc2C1=O. The first kappa shape index (κ1) is 15.7. The van der Waals surface area contributed by atoms with E-state index < -0.39 is 21.5 Å². The van der Waals surface area contributed by atoms with E-state index in [1.165, 1.54) is 0 Å². The molecule has 1 aliphatic rings. The number of carbonyl (C=O) groups is 2. The van der Waals surface area contributed by atoms with Gasteiger partial charge in [0.15, 0.2) is 0 Å². The number of hydrogen-bond acceptors (Lipinski definition) is 2. The van der Waals surface area contributed by atoms with Gasteiger partial charge in [0.2, 0.25) is 0 Å². The van der Waals surface area contributed by atoms with Crippen molar-refractivity contribution in [3.63, 3.8) is 0 Å². The number of benzene rings is 2. The van der Waals surface area contributed by atoms with Crippen molar-refractivity contribution in [3.8, 4) is 0 Å². The molecule has 1 N–H and O–H groups in total. The minimum atomic E-state index is -1.03. The average molecular weight is 519 g/mol. The number of anilines is 1. The average Bonchev–Trinajstić information content (AvgIpc) is 2.53. The predicted octanol–water partition coefficient (Wildman–Crippen LogP) is 0.526. The quantitative estimate of drug-likeness (QED) is 0.279. The Labute approximate surface area is 153 Å². The predicted molar refractivity (Wildman–Crippen MR) is 89.4 cm³/mol. The molecule has 0 saturated heterocycles. The van der Waals surface area contributed by atoms with E-state index in [1.807, 2.05) is 48.5 Å². The normalized spacial score (nSPS) is 13.9. The zero-order chi connectivity index (χ0) is 15.5. The van der Waals surface area contributed by atoms with Crippen molar-refractivity contribution >= 4 is 38.1 Å². The van der Waals surface area contributed by atoms with E-state index in [2.05, 4.69) is 27.9 Å². The summed E-state index contributed by atoms with van der Waals surface area (Å²) in [6.45, 7) is 0.627. The van der Waals surface area contributed by atoms with Gasteiger partial charge in [-0.3, -0.25) is 0 Å². The molecule has 6 heteroatoms. The number of nitrogens with one attached hydrogen (secondary N) is 1. The number of halogens is 2. The van der Waals surface area contributed by atoms with Crippen LogP contribution in [-0.4, -0.2) is 19.5 Å². The molecule has 1 aliphatic heterocycles. The van der Waals surface area contributed by atoms with Crippen LogP contribution in [0.2, 0.25) is 0 Å². The molecule has 0 atom stereocenters. The Hall–Kier alpha value is -1.16. The summed E-state index contributed by atoms with van der Waals surface area (Å²) in [5.41, 5.74) is 2.61. The molecule has 2 amide bonds. The monoisotopic (exact) mass is 519 g/mol. The summed E-state index contributed by atoms with van der Waals surface area (Å²) < 4.78 is 2.65. The van der Waals surface area contributed by atoms with Crippen LogP contribution >= 0.6 is 22.6 Å². The Bertz CT molecular complexity index is 734. The van der Waals surface area contributed by atoms with Gasteiger partial charge < -0.3 is 0 Å². The van der Waals surface area contributed by atoms with E-state index in [1.54, 1.807) is 3.11 Å². The number of fused-ring (bicyclic) bond motifs is 1. The third-order valence-corrected chi connectivity index (χ3v) is 6.48. The molecule has 0 spiro atoms. The molecule has 4 nitrogen and oxygen atoms in total. The molecule has 0 saturated carbocycles. The number of carbonyl (C=O) groups excluding carboxylic acids is 2. The molecule has 2 aromatic rings. The summed E-state index contributed by atoms with van der Waals surface area (Å²) in [5, 5.41) is 2.91. The molecule has 1 heterocycles. The van der Waals surface area contributed by atoms with E-state index in [-0.39, 0.29) is 9.82 Å². The van der Waals surface area contributed by atoms with Gasteiger partial charge in [-0.15, -0.1) is 0 Å². The number of para-hydroxylation sites is 1. The number of hydrogen-bond donors (Lipinski definition) is 1. The fourth-order valence-electron chi connectivity index (χ4n) is 2.26. The van der Waals surface area contributed by atoms with Gasteiger partial charge in [-0.1, -0.05) is 0 Å². The van der Waals surface area contributed by atoms with Crippen LogP contribution in [0.4, 0.5) is 10.5 Å². The molecule has 114 valence electrons. The van der Waals surface area contributed by atoms with Crippen LogP contribution in [-0.2, 0) is 6.42 Å². The maximum absolute atomic E-state index is 12.4. The van der Waals surface area contributed by atoms with Gasteiger partial charge in [0.1, 0.15) is 0 Å². The summed E-state index contributed by atoms with van der Waals surface area (Å²) in [6, 6.07) is 15.3. The molecule has 0 unspecified atom stereocenters. The zero-order valence-corrected chi connectivity index (χ0v) is 15.9. The summed E-state index contributed by atoms with van der Waals surface area (Å²) in [7, 11) is 0. The molecule has 22 heavy (non-hydrogen) atoms. The Kier molecular flexibility index (Phi) is 4.97. The first-order chi connectivity index (χ1) is 10.6. The molecular formula is C16H13I2N2O2-. The van der Waals surface area contributed by atoms with Crippen molar-refractivity contribution in [2.75, 3.05) is 11.9 Å². The second-order valence-corrected chi connectivity index (χ2v) is 8.55. The molecule has 0 bridgehead atoms. The first-order valence-corrected chi connectivity index (χ1v) is 9.88. The summed E-state index contributed by atoms with van der Waals surface area (Å²) in [5.74, 6) is -0.0208. The van der Waals surface area contributed by atoms with E-state index in [9.17, 15) is 9.59 Å². The molecule has 3 rings (SSSR count). The van der Waals surface area contributed by atoms with Gasteiger partial charge in [0.05, 0.1) is 0 Å². The van der Waals surface area contributed by atoms with E-state index >= 15 is 0 Å². The summed E-state index contributed by atoms with van der Waals surface area (Å²) in [6.07, 6.45) is 0.817. The van der Waals surface area contributed by atoms with Gasteiger partial charge in [-0.25, -0.2) is 0 Å². The Morgan fingerprint density at radius 2 is 1.86 bits per heavy atom. The van der Waals surface area contributed by atoms with Gasteiger partial charge >= 0.3 is 154 Å². The Balaban J connectivity index is 1.68. The number of nitrogens with zero attached hydrogens (tertiary/aromatic N) is 1. The van der Waals surface area contributed by atoms with Crippen molar-refractivity contribution in [2.24, 2.45) is 0 Å². The van der Waals surface area contributed by atoms with Crippen molar-refractivity contribution in [3.05, 3.63) is 63.2 Å². The Morgan fingerprint density at radius 3 is 2.68 bits per heavy atom. The standard InChI is InChI=1S/C16H13I2N2O2/c17-13-7-3-4-8-14(13)19-16(22)18-20-10-9-11-5-1-2-6-12(11)15(20)21/h1-8H,9-10H2,(H,19,22)/q-1. The second-order valence-electron chi connectivity index (χ2n) is 4.76. The van der Waals surface area contributed by atoms with Crippen LogP contribution in [0.1, 0.15) is 15.9 Å². The summed E-state index contributed by atoms with van der Waals surface area (Å²) >= 11 is 1.15. The third kappa shape index (κ3) is 3.43. The van der Waals surface area contributed by atoms with E-state index in [0.717, 1.165) is 26.8 Å². The number of rotatable bonds is 3. The van der Waals surface area contributed by atoms with E-state index in [0.29, 0.717) is 6.54 Å². The number of amides is 2. The van der Waals surface area contributed by atoms with Gasteiger partial charge in [-0.05, 0) is 0 Å². The molecule has 0 aromatic heterocycles. The topological polar surface area (TPSA) is 49.4 Å². The van der Waals surface area contributed by atoms with Crippen molar-refractivity contribution in [1.82, 2.24) is 3.11 Å². The second kappa shape index (κ2) is 6.95. The van der Waals surface area contributed by atoms with Crippen LogP contribution in [0, 0.1) is 3.57 Å². The fourth-order valence-corrected chi connectivity index (χ4v) is 4.68. The minimum absolute atomic E-state index is 0.0208.